The van der Waals surface area contributed by atoms with Crippen LogP contribution in [0, 0.1) is 13.8 Å². The molecule has 0 aliphatic carbocycles. The predicted molar refractivity (Wildman–Crippen MR) is 143 cm³/mol. The summed E-state index contributed by atoms with van der Waals surface area (Å²) in [6.45, 7) is 4.00. The van der Waals surface area contributed by atoms with Gasteiger partial charge in [-0.25, -0.2) is 4.79 Å². The number of anilines is 1. The maximum atomic E-state index is 12.0. The number of nitrogens with zero attached hydrogens (tertiary/aromatic N) is 3. The molecule has 0 unspecified atom stereocenters. The molecule has 182 valence electrons. The number of aryl methyl sites for hydroxylation is 1. The number of hydrogen-bond donors (Lipinski definition) is 2. The number of pyridine rings is 1. The number of benzene rings is 2. The van der Waals surface area contributed by atoms with E-state index in [0.717, 1.165) is 34.1 Å². The van der Waals surface area contributed by atoms with Crippen LogP contribution in [0.2, 0.25) is 0 Å². The smallest absolute Gasteiger partial charge is 0.337 e. The van der Waals surface area contributed by atoms with Crippen molar-refractivity contribution in [3.05, 3.63) is 107 Å². The van der Waals surface area contributed by atoms with Gasteiger partial charge in [0.25, 0.3) is 0 Å². The van der Waals surface area contributed by atoms with Crippen molar-refractivity contribution in [1.82, 2.24) is 14.9 Å². The standard InChI is InChI=1S/C28H26N4O3S/c1-17-15-22(18(2)31(17)24-13-5-4-11-21(24)27(33)34)26-25(23-12-6-7-14-29-23)30-28(36)32(26)19-9-8-10-20(16-19)35-3/h4-16,25-26H,1-3H3,(H,30,36)(H,33,34)/t25-,26+/m1/s1. The molecular formula is C28H26N4O3S. The lowest BCUT2D eigenvalue weighted by Crippen LogP contribution is -2.29. The second-order valence-electron chi connectivity index (χ2n) is 8.68. The van der Waals surface area contributed by atoms with E-state index in [2.05, 4.69) is 21.3 Å². The van der Waals surface area contributed by atoms with E-state index in [1.807, 2.05) is 73.0 Å². The van der Waals surface area contributed by atoms with Gasteiger partial charge in [0.05, 0.1) is 36.1 Å². The van der Waals surface area contributed by atoms with Crippen LogP contribution in [0.1, 0.15) is 45.1 Å². The van der Waals surface area contributed by atoms with Crippen molar-refractivity contribution in [2.75, 3.05) is 12.0 Å². The summed E-state index contributed by atoms with van der Waals surface area (Å²) in [4.78, 5) is 18.7. The van der Waals surface area contributed by atoms with Crippen molar-refractivity contribution in [2.45, 2.75) is 25.9 Å². The number of ether oxygens (including phenoxy) is 1. The van der Waals surface area contributed by atoms with Crippen LogP contribution in [0.3, 0.4) is 0 Å². The molecule has 4 aromatic rings. The van der Waals surface area contributed by atoms with Crippen LogP contribution in [-0.2, 0) is 0 Å². The van der Waals surface area contributed by atoms with E-state index < -0.39 is 5.97 Å². The van der Waals surface area contributed by atoms with E-state index in [4.69, 9.17) is 17.0 Å². The molecule has 3 heterocycles. The molecule has 0 bridgehead atoms. The first-order valence-electron chi connectivity index (χ1n) is 11.6. The number of carboxylic acids is 1. The quantitative estimate of drug-likeness (QED) is 0.346. The summed E-state index contributed by atoms with van der Waals surface area (Å²) in [7, 11) is 1.64. The first kappa shape index (κ1) is 23.6. The van der Waals surface area contributed by atoms with E-state index in [1.54, 1.807) is 25.4 Å². The van der Waals surface area contributed by atoms with Gasteiger partial charge in [-0.15, -0.1) is 0 Å². The zero-order valence-corrected chi connectivity index (χ0v) is 21.0. The number of para-hydroxylation sites is 1. The number of carboxylic acid groups (broad SMARTS) is 1. The highest BCUT2D eigenvalue weighted by atomic mass is 32.1. The molecule has 2 atom stereocenters. The van der Waals surface area contributed by atoms with Crippen molar-refractivity contribution >= 4 is 29.0 Å². The molecule has 36 heavy (non-hydrogen) atoms. The second kappa shape index (κ2) is 9.47. The molecule has 5 rings (SSSR count). The van der Waals surface area contributed by atoms with Crippen LogP contribution >= 0.6 is 12.2 Å². The van der Waals surface area contributed by atoms with Gasteiger partial charge in [-0.3, -0.25) is 4.98 Å². The average Bonchev–Trinajstić information content (AvgIpc) is 3.39. The molecule has 1 saturated heterocycles. The Bertz CT molecular complexity index is 1450. The average molecular weight is 499 g/mol. The Morgan fingerprint density at radius 2 is 1.83 bits per heavy atom. The van der Waals surface area contributed by atoms with Crippen LogP contribution in [-0.4, -0.2) is 32.8 Å². The van der Waals surface area contributed by atoms with Gasteiger partial charge >= 0.3 is 5.97 Å². The summed E-state index contributed by atoms with van der Waals surface area (Å²) in [5, 5.41) is 13.9. The third-order valence-electron chi connectivity index (χ3n) is 6.59. The summed E-state index contributed by atoms with van der Waals surface area (Å²) in [6.07, 6.45) is 1.78. The molecule has 2 aromatic heterocycles. The van der Waals surface area contributed by atoms with Gasteiger partial charge in [-0.2, -0.15) is 0 Å². The fourth-order valence-electron chi connectivity index (χ4n) is 5.02. The lowest BCUT2D eigenvalue weighted by atomic mass is 9.96. The predicted octanol–water partition coefficient (Wildman–Crippen LogP) is 5.37. The minimum absolute atomic E-state index is 0.214. The Hall–Kier alpha value is -4.17. The van der Waals surface area contributed by atoms with Gasteiger partial charge in [0.2, 0.25) is 0 Å². The first-order valence-corrected chi connectivity index (χ1v) is 12.0. The molecule has 1 aliphatic rings. The van der Waals surface area contributed by atoms with Crippen molar-refractivity contribution in [2.24, 2.45) is 0 Å². The number of methoxy groups -OCH3 is 1. The number of thiocarbonyl (C=S) groups is 1. The van der Waals surface area contributed by atoms with Gasteiger partial charge in [-0.05, 0) is 74.1 Å². The van der Waals surface area contributed by atoms with E-state index in [-0.39, 0.29) is 17.6 Å². The number of rotatable bonds is 6. The summed E-state index contributed by atoms with van der Waals surface area (Å²) in [5.41, 5.74) is 5.53. The molecule has 7 nitrogen and oxygen atoms in total. The summed E-state index contributed by atoms with van der Waals surface area (Å²) in [6, 6.07) is 22.4. The molecule has 1 aliphatic heterocycles. The third kappa shape index (κ3) is 3.99. The van der Waals surface area contributed by atoms with Gasteiger partial charge in [0.1, 0.15) is 5.75 Å². The van der Waals surface area contributed by atoms with Gasteiger partial charge in [0, 0.05) is 29.3 Å². The maximum Gasteiger partial charge on any atom is 0.337 e. The van der Waals surface area contributed by atoms with Gasteiger partial charge in [0.15, 0.2) is 5.11 Å². The Kier molecular flexibility index (Phi) is 6.20. The van der Waals surface area contributed by atoms with Crippen LogP contribution < -0.4 is 15.0 Å². The van der Waals surface area contributed by atoms with Crippen LogP contribution in [0.4, 0.5) is 5.69 Å². The highest BCUT2D eigenvalue weighted by molar-refractivity contribution is 7.80. The van der Waals surface area contributed by atoms with Crippen molar-refractivity contribution in [1.29, 1.82) is 0 Å². The molecule has 0 saturated carbocycles. The topological polar surface area (TPSA) is 79.6 Å². The number of aromatic carboxylic acids is 1. The van der Waals surface area contributed by atoms with E-state index in [9.17, 15) is 9.90 Å². The largest absolute Gasteiger partial charge is 0.497 e. The zero-order valence-electron chi connectivity index (χ0n) is 20.2. The van der Waals surface area contributed by atoms with Crippen LogP contribution in [0.5, 0.6) is 5.75 Å². The Morgan fingerprint density at radius 3 is 2.56 bits per heavy atom. The van der Waals surface area contributed by atoms with Crippen molar-refractivity contribution in [3.63, 3.8) is 0 Å². The first-order chi connectivity index (χ1) is 17.4. The lowest BCUT2D eigenvalue weighted by Gasteiger charge is -2.28. The molecule has 8 heteroatoms. The highest BCUT2D eigenvalue weighted by Gasteiger charge is 2.42. The fraction of sp³-hybridized carbons (Fsp3) is 0.179. The van der Waals surface area contributed by atoms with E-state index in [1.165, 1.54) is 0 Å². The van der Waals surface area contributed by atoms with Crippen molar-refractivity contribution < 1.29 is 14.6 Å². The van der Waals surface area contributed by atoms with Gasteiger partial charge < -0.3 is 24.6 Å². The normalized spacial score (nSPS) is 17.2. The minimum Gasteiger partial charge on any atom is -0.497 e. The maximum absolute atomic E-state index is 12.0. The molecular weight excluding hydrogens is 472 g/mol. The lowest BCUT2D eigenvalue weighted by molar-refractivity contribution is 0.0697. The zero-order chi connectivity index (χ0) is 25.4. The number of nitrogens with one attached hydrogen (secondary N) is 1. The summed E-state index contributed by atoms with van der Waals surface area (Å²) >= 11 is 5.85. The Balaban J connectivity index is 1.71. The number of aromatic nitrogens is 2. The Labute approximate surface area is 215 Å². The van der Waals surface area contributed by atoms with Crippen LogP contribution in [0.25, 0.3) is 5.69 Å². The molecule has 0 amide bonds. The molecule has 0 radical (unpaired) electrons. The Morgan fingerprint density at radius 1 is 1.06 bits per heavy atom. The van der Waals surface area contributed by atoms with Crippen LogP contribution in [0.15, 0.2) is 79.0 Å². The number of hydrogen-bond acceptors (Lipinski definition) is 4. The molecule has 2 N–H and O–H groups in total. The minimum atomic E-state index is -0.965. The molecule has 2 aromatic carbocycles. The monoisotopic (exact) mass is 498 g/mol. The van der Waals surface area contributed by atoms with E-state index in [0.29, 0.717) is 10.8 Å². The fourth-order valence-corrected chi connectivity index (χ4v) is 5.36. The number of carbonyl (C=O) groups is 1. The summed E-state index contributed by atoms with van der Waals surface area (Å²) in [5.74, 6) is -0.232. The van der Waals surface area contributed by atoms with Gasteiger partial charge in [-0.1, -0.05) is 24.3 Å². The highest BCUT2D eigenvalue weighted by Crippen LogP contribution is 2.44. The van der Waals surface area contributed by atoms with E-state index >= 15 is 0 Å². The van der Waals surface area contributed by atoms with Crippen molar-refractivity contribution in [3.8, 4) is 11.4 Å². The molecule has 1 fully saturated rings. The third-order valence-corrected chi connectivity index (χ3v) is 6.91. The summed E-state index contributed by atoms with van der Waals surface area (Å²) < 4.78 is 7.48. The SMILES string of the molecule is COc1cccc(N2C(=S)N[C@H](c3ccccn3)[C@@H]2c2cc(C)n(-c3ccccc3C(=O)O)c2C)c1. The second-order valence-corrected chi connectivity index (χ2v) is 9.07. The molecule has 0 spiro atoms.